The smallest absolute Gasteiger partial charge is 0.0766 e. The second-order valence-electron chi connectivity index (χ2n) is 5.08. The zero-order valence-electron chi connectivity index (χ0n) is 12.6. The molecule has 1 unspecified atom stereocenters. The highest BCUT2D eigenvalue weighted by Crippen LogP contribution is 2.29. The van der Waals surface area contributed by atoms with Crippen molar-refractivity contribution in [3.05, 3.63) is 35.8 Å². The highest BCUT2D eigenvalue weighted by atomic mass is 127. The quantitative estimate of drug-likeness (QED) is 0.581. The van der Waals surface area contributed by atoms with Crippen molar-refractivity contribution in [1.29, 1.82) is 0 Å². The molecule has 0 saturated carbocycles. The molecule has 3 nitrogen and oxygen atoms in total. The largest absolute Gasteiger partial charge is 0.310 e. The van der Waals surface area contributed by atoms with Crippen LogP contribution in [-0.4, -0.2) is 16.3 Å². The number of aryl methyl sites for hydroxylation is 2. The standard InChI is InChI=1S/C15H21BrIN3S/c1-4-6-18-12(10-7-14(17)21-9-10)8-13-15(16)11(5-2)19-20(13)3/h7,9,12,18H,4-6,8H2,1-3H3. The summed E-state index contributed by atoms with van der Waals surface area (Å²) in [5, 5.41) is 10.5. The number of nitrogens with one attached hydrogen (secondary N) is 1. The molecule has 21 heavy (non-hydrogen) atoms. The summed E-state index contributed by atoms with van der Waals surface area (Å²) in [5.41, 5.74) is 3.78. The van der Waals surface area contributed by atoms with Crippen molar-refractivity contribution in [2.75, 3.05) is 6.54 Å². The van der Waals surface area contributed by atoms with Crippen molar-refractivity contribution in [1.82, 2.24) is 15.1 Å². The lowest BCUT2D eigenvalue weighted by molar-refractivity contribution is 0.512. The van der Waals surface area contributed by atoms with Crippen LogP contribution in [0, 0.1) is 2.88 Å². The van der Waals surface area contributed by atoms with Gasteiger partial charge in [0.1, 0.15) is 0 Å². The fraction of sp³-hybridized carbons (Fsp3) is 0.533. The van der Waals surface area contributed by atoms with E-state index in [1.807, 2.05) is 23.1 Å². The average molecular weight is 482 g/mol. The maximum absolute atomic E-state index is 4.60. The number of rotatable bonds is 7. The Bertz CT molecular complexity index is 594. The van der Waals surface area contributed by atoms with E-state index in [2.05, 4.69) is 74.2 Å². The van der Waals surface area contributed by atoms with Gasteiger partial charge < -0.3 is 5.32 Å². The molecular formula is C15H21BrIN3S. The molecule has 0 radical (unpaired) electrons. The van der Waals surface area contributed by atoms with Crippen molar-refractivity contribution < 1.29 is 0 Å². The number of aromatic nitrogens is 2. The van der Waals surface area contributed by atoms with E-state index in [4.69, 9.17) is 0 Å². The Labute approximate surface area is 152 Å². The fourth-order valence-electron chi connectivity index (χ4n) is 2.37. The van der Waals surface area contributed by atoms with E-state index in [1.165, 1.54) is 18.6 Å². The zero-order chi connectivity index (χ0) is 15.4. The van der Waals surface area contributed by atoms with Crippen LogP contribution in [0.5, 0.6) is 0 Å². The monoisotopic (exact) mass is 481 g/mol. The lowest BCUT2D eigenvalue weighted by Crippen LogP contribution is -2.24. The number of thiophene rings is 1. The zero-order valence-corrected chi connectivity index (χ0v) is 17.2. The minimum Gasteiger partial charge on any atom is -0.310 e. The Morgan fingerprint density at radius 2 is 2.24 bits per heavy atom. The molecule has 116 valence electrons. The maximum atomic E-state index is 4.60. The first-order chi connectivity index (χ1) is 10.1. The minimum absolute atomic E-state index is 0.348. The predicted molar refractivity (Wildman–Crippen MR) is 102 cm³/mol. The van der Waals surface area contributed by atoms with Gasteiger partial charge >= 0.3 is 0 Å². The van der Waals surface area contributed by atoms with Crippen molar-refractivity contribution in [2.24, 2.45) is 7.05 Å². The Morgan fingerprint density at radius 1 is 1.48 bits per heavy atom. The van der Waals surface area contributed by atoms with E-state index in [0.29, 0.717) is 6.04 Å². The second-order valence-corrected chi connectivity index (χ2v) is 8.68. The predicted octanol–water partition coefficient (Wildman–Crippen LogP) is 4.69. The van der Waals surface area contributed by atoms with E-state index in [9.17, 15) is 0 Å². The number of hydrogen-bond acceptors (Lipinski definition) is 3. The van der Waals surface area contributed by atoms with Crippen LogP contribution >= 0.6 is 49.9 Å². The Hall–Kier alpha value is 0.0800. The van der Waals surface area contributed by atoms with Gasteiger partial charge in [-0.15, -0.1) is 11.3 Å². The molecule has 6 heteroatoms. The highest BCUT2D eigenvalue weighted by Gasteiger charge is 2.19. The van der Waals surface area contributed by atoms with Gasteiger partial charge in [-0.1, -0.05) is 13.8 Å². The normalized spacial score (nSPS) is 12.8. The first-order valence-electron chi connectivity index (χ1n) is 7.24. The molecule has 2 aromatic rings. The van der Waals surface area contributed by atoms with Gasteiger partial charge in [0.25, 0.3) is 0 Å². The van der Waals surface area contributed by atoms with Crippen LogP contribution in [-0.2, 0) is 19.9 Å². The molecule has 0 saturated heterocycles. The van der Waals surface area contributed by atoms with Gasteiger partial charge in [-0.05, 0) is 74.9 Å². The first-order valence-corrected chi connectivity index (χ1v) is 9.99. The lowest BCUT2D eigenvalue weighted by Gasteiger charge is -2.18. The Morgan fingerprint density at radius 3 is 2.76 bits per heavy atom. The summed E-state index contributed by atoms with van der Waals surface area (Å²) in [6.07, 6.45) is 3.05. The van der Waals surface area contributed by atoms with Crippen LogP contribution < -0.4 is 5.32 Å². The van der Waals surface area contributed by atoms with Gasteiger partial charge in [0.05, 0.1) is 18.7 Å². The van der Waals surface area contributed by atoms with Crippen LogP contribution in [0.15, 0.2) is 15.9 Å². The summed E-state index contributed by atoms with van der Waals surface area (Å²) in [7, 11) is 2.04. The molecular weight excluding hydrogens is 461 g/mol. The van der Waals surface area contributed by atoms with Crippen LogP contribution in [0.25, 0.3) is 0 Å². The summed E-state index contributed by atoms with van der Waals surface area (Å²) in [5.74, 6) is 0. The Kier molecular flexibility index (Phi) is 6.71. The SMILES string of the molecule is CCCNC(Cc1c(Br)c(CC)nn1C)c1csc(I)c1. The molecule has 0 aliphatic rings. The summed E-state index contributed by atoms with van der Waals surface area (Å²) in [4.78, 5) is 0. The van der Waals surface area contributed by atoms with E-state index >= 15 is 0 Å². The molecule has 0 fully saturated rings. The highest BCUT2D eigenvalue weighted by molar-refractivity contribution is 14.1. The molecule has 0 bridgehead atoms. The first kappa shape index (κ1) is 17.4. The molecule has 0 spiro atoms. The number of halogens is 2. The van der Waals surface area contributed by atoms with Crippen LogP contribution in [0.3, 0.4) is 0 Å². The molecule has 2 rings (SSSR count). The fourth-order valence-corrected chi connectivity index (χ4v) is 4.57. The summed E-state index contributed by atoms with van der Waals surface area (Å²) in [6, 6.07) is 2.63. The molecule has 0 aromatic carbocycles. The van der Waals surface area contributed by atoms with Gasteiger partial charge in [0, 0.05) is 19.5 Å². The molecule has 1 N–H and O–H groups in total. The molecule has 1 atom stereocenters. The van der Waals surface area contributed by atoms with Gasteiger partial charge in [-0.3, -0.25) is 4.68 Å². The van der Waals surface area contributed by atoms with Crippen LogP contribution in [0.1, 0.15) is 43.3 Å². The van der Waals surface area contributed by atoms with Crippen molar-refractivity contribution >= 4 is 49.9 Å². The van der Waals surface area contributed by atoms with Crippen LogP contribution in [0.4, 0.5) is 0 Å². The number of hydrogen-bond donors (Lipinski definition) is 1. The third-order valence-corrected chi connectivity index (χ3v) is 6.25. The van der Waals surface area contributed by atoms with Gasteiger partial charge in [0.15, 0.2) is 0 Å². The van der Waals surface area contributed by atoms with Gasteiger partial charge in [-0.25, -0.2) is 0 Å². The summed E-state index contributed by atoms with van der Waals surface area (Å²) < 4.78 is 4.52. The molecule has 0 aliphatic carbocycles. The van der Waals surface area contributed by atoms with E-state index in [-0.39, 0.29) is 0 Å². The minimum atomic E-state index is 0.348. The molecule has 2 heterocycles. The second kappa shape index (κ2) is 8.08. The molecule has 2 aromatic heterocycles. The molecule has 0 aliphatic heterocycles. The van der Waals surface area contributed by atoms with Gasteiger partial charge in [-0.2, -0.15) is 5.10 Å². The third kappa shape index (κ3) is 4.30. The van der Waals surface area contributed by atoms with E-state index in [0.717, 1.165) is 31.5 Å². The van der Waals surface area contributed by atoms with E-state index in [1.54, 1.807) is 0 Å². The van der Waals surface area contributed by atoms with Crippen molar-refractivity contribution in [3.8, 4) is 0 Å². The third-order valence-electron chi connectivity index (χ3n) is 3.53. The lowest BCUT2D eigenvalue weighted by atomic mass is 10.0. The maximum Gasteiger partial charge on any atom is 0.0766 e. The number of nitrogens with zero attached hydrogens (tertiary/aromatic N) is 2. The molecule has 0 amide bonds. The van der Waals surface area contributed by atoms with Gasteiger partial charge in [0.2, 0.25) is 0 Å². The topological polar surface area (TPSA) is 29.9 Å². The van der Waals surface area contributed by atoms with Crippen molar-refractivity contribution in [2.45, 2.75) is 39.2 Å². The van der Waals surface area contributed by atoms with Crippen molar-refractivity contribution in [3.63, 3.8) is 0 Å². The van der Waals surface area contributed by atoms with Crippen LogP contribution in [0.2, 0.25) is 0 Å². The average Bonchev–Trinajstić information content (AvgIpc) is 3.00. The summed E-state index contributed by atoms with van der Waals surface area (Å²) in [6.45, 7) is 5.38. The summed E-state index contributed by atoms with van der Waals surface area (Å²) >= 11 is 7.92. The Balaban J connectivity index is 2.24. The van der Waals surface area contributed by atoms with E-state index < -0.39 is 0 Å².